The van der Waals surface area contributed by atoms with Gasteiger partial charge in [0, 0.05) is 13.1 Å². The van der Waals surface area contributed by atoms with Gasteiger partial charge in [0.25, 0.3) is 5.56 Å². The Morgan fingerprint density at radius 3 is 2.59 bits per heavy atom. The highest BCUT2D eigenvalue weighted by molar-refractivity contribution is 7.99. The largest absolute Gasteiger partial charge is 0.342 e. The normalized spacial score (nSPS) is 14.2. The Bertz CT molecular complexity index is 1040. The number of fused-ring (bicyclic) bond motifs is 1. The predicted molar refractivity (Wildman–Crippen MR) is 111 cm³/mol. The zero-order valence-electron chi connectivity index (χ0n) is 15.4. The molecule has 1 aliphatic rings. The Morgan fingerprint density at radius 2 is 1.89 bits per heavy atom. The van der Waals surface area contributed by atoms with Crippen LogP contribution in [0, 0.1) is 13.8 Å². The first-order chi connectivity index (χ1) is 13.0. The van der Waals surface area contributed by atoms with Crippen LogP contribution in [0.4, 0.5) is 0 Å². The summed E-state index contributed by atoms with van der Waals surface area (Å²) in [6.45, 7) is 5.70. The third-order valence-corrected chi connectivity index (χ3v) is 6.51. The van der Waals surface area contributed by atoms with E-state index in [1.807, 2.05) is 42.3 Å². The summed E-state index contributed by atoms with van der Waals surface area (Å²) in [6.07, 6.45) is 2.14. The Kier molecular flexibility index (Phi) is 5.06. The molecule has 2 aromatic heterocycles. The SMILES string of the molecule is Cc1cc(C)cc(-n2c(SCC(=O)N3CCCC3)nc3ccsc3c2=O)c1. The van der Waals surface area contributed by atoms with E-state index in [1.54, 1.807) is 4.57 Å². The molecule has 0 N–H and O–H groups in total. The molecule has 0 atom stereocenters. The van der Waals surface area contributed by atoms with Crippen molar-refractivity contribution in [1.29, 1.82) is 0 Å². The quantitative estimate of drug-likeness (QED) is 0.495. The van der Waals surface area contributed by atoms with Crippen molar-refractivity contribution < 1.29 is 4.79 Å². The summed E-state index contributed by atoms with van der Waals surface area (Å²) < 4.78 is 2.30. The number of hydrogen-bond donors (Lipinski definition) is 0. The van der Waals surface area contributed by atoms with Crippen LogP contribution >= 0.6 is 23.1 Å². The smallest absolute Gasteiger partial charge is 0.276 e. The summed E-state index contributed by atoms with van der Waals surface area (Å²) in [7, 11) is 0. The van der Waals surface area contributed by atoms with Gasteiger partial charge in [-0.25, -0.2) is 4.98 Å². The summed E-state index contributed by atoms with van der Waals surface area (Å²) in [5.74, 6) is 0.413. The second-order valence-corrected chi connectivity index (χ2v) is 8.75. The molecule has 7 heteroatoms. The average molecular weight is 400 g/mol. The van der Waals surface area contributed by atoms with E-state index >= 15 is 0 Å². The first-order valence-corrected chi connectivity index (χ1v) is 10.9. The Labute approximate surface area is 166 Å². The van der Waals surface area contributed by atoms with E-state index in [9.17, 15) is 9.59 Å². The van der Waals surface area contributed by atoms with Gasteiger partial charge in [0.05, 0.1) is 17.0 Å². The van der Waals surface area contributed by atoms with Gasteiger partial charge in [0.2, 0.25) is 5.91 Å². The summed E-state index contributed by atoms with van der Waals surface area (Å²) in [6, 6.07) is 7.92. The van der Waals surface area contributed by atoms with Crippen molar-refractivity contribution in [3.63, 3.8) is 0 Å². The van der Waals surface area contributed by atoms with Crippen LogP contribution in [0.1, 0.15) is 24.0 Å². The van der Waals surface area contributed by atoms with Crippen molar-refractivity contribution in [3.05, 3.63) is 51.1 Å². The van der Waals surface area contributed by atoms with Crippen molar-refractivity contribution in [2.75, 3.05) is 18.8 Å². The molecule has 3 heterocycles. The lowest BCUT2D eigenvalue weighted by atomic mass is 10.1. The highest BCUT2D eigenvalue weighted by Gasteiger charge is 2.20. The van der Waals surface area contributed by atoms with Gasteiger partial charge in [-0.15, -0.1) is 11.3 Å². The van der Waals surface area contributed by atoms with Crippen molar-refractivity contribution >= 4 is 39.2 Å². The van der Waals surface area contributed by atoms with Crippen molar-refractivity contribution in [2.24, 2.45) is 0 Å². The minimum atomic E-state index is -0.0730. The van der Waals surface area contributed by atoms with Crippen molar-refractivity contribution in [3.8, 4) is 5.69 Å². The first-order valence-electron chi connectivity index (χ1n) is 9.02. The molecule has 0 spiro atoms. The Hall–Kier alpha value is -2.12. The van der Waals surface area contributed by atoms with Gasteiger partial charge in [0.1, 0.15) is 4.70 Å². The van der Waals surface area contributed by atoms with Gasteiger partial charge < -0.3 is 4.90 Å². The van der Waals surface area contributed by atoms with Crippen molar-refractivity contribution in [1.82, 2.24) is 14.5 Å². The maximum atomic E-state index is 13.2. The second-order valence-electron chi connectivity index (χ2n) is 6.89. The molecule has 1 aromatic carbocycles. The molecule has 0 bridgehead atoms. The van der Waals surface area contributed by atoms with E-state index in [2.05, 4.69) is 6.07 Å². The van der Waals surface area contributed by atoms with Gasteiger partial charge in [-0.05, 0) is 61.4 Å². The van der Waals surface area contributed by atoms with E-state index in [-0.39, 0.29) is 11.5 Å². The van der Waals surface area contributed by atoms with Crippen LogP contribution < -0.4 is 5.56 Å². The fourth-order valence-electron chi connectivity index (χ4n) is 3.48. The van der Waals surface area contributed by atoms with Crippen molar-refractivity contribution in [2.45, 2.75) is 31.8 Å². The van der Waals surface area contributed by atoms with E-state index in [1.165, 1.54) is 23.1 Å². The zero-order chi connectivity index (χ0) is 19.0. The minimum Gasteiger partial charge on any atom is -0.342 e. The number of hydrogen-bond acceptors (Lipinski definition) is 5. The summed E-state index contributed by atoms with van der Waals surface area (Å²) >= 11 is 2.75. The molecule has 1 aliphatic heterocycles. The number of carbonyl (C=O) groups is 1. The number of carbonyl (C=O) groups excluding carboxylic acids is 1. The number of aromatic nitrogens is 2. The Morgan fingerprint density at radius 1 is 1.19 bits per heavy atom. The number of nitrogens with zero attached hydrogens (tertiary/aromatic N) is 3. The van der Waals surface area contributed by atoms with Crippen LogP contribution in [0.25, 0.3) is 15.9 Å². The lowest BCUT2D eigenvalue weighted by molar-refractivity contribution is -0.127. The standard InChI is InChI=1S/C20H21N3O2S2/c1-13-9-14(2)11-15(10-13)23-19(25)18-16(5-8-26-18)21-20(23)27-12-17(24)22-6-3-4-7-22/h5,8-11H,3-4,6-7,12H2,1-2H3. The summed E-state index contributed by atoms with van der Waals surface area (Å²) in [5, 5.41) is 2.46. The lowest BCUT2D eigenvalue weighted by Crippen LogP contribution is -2.29. The van der Waals surface area contributed by atoms with Crippen LogP contribution in [-0.2, 0) is 4.79 Å². The molecule has 140 valence electrons. The second kappa shape index (κ2) is 7.48. The first kappa shape index (κ1) is 18.3. The maximum Gasteiger partial charge on any atom is 0.276 e. The third kappa shape index (κ3) is 3.66. The van der Waals surface area contributed by atoms with Crippen LogP contribution in [0.5, 0.6) is 0 Å². The number of benzene rings is 1. The molecule has 5 nitrogen and oxygen atoms in total. The average Bonchev–Trinajstić information content (AvgIpc) is 3.30. The van der Waals surface area contributed by atoms with Gasteiger partial charge in [0.15, 0.2) is 5.16 Å². The number of thioether (sulfide) groups is 1. The molecule has 1 saturated heterocycles. The third-order valence-electron chi connectivity index (χ3n) is 4.70. The Balaban J connectivity index is 1.76. The molecule has 1 fully saturated rings. The minimum absolute atomic E-state index is 0.0730. The highest BCUT2D eigenvalue weighted by atomic mass is 32.2. The summed E-state index contributed by atoms with van der Waals surface area (Å²) in [4.78, 5) is 32.2. The molecule has 27 heavy (non-hydrogen) atoms. The van der Waals surface area contributed by atoms with Gasteiger partial charge in [-0.1, -0.05) is 17.8 Å². The van der Waals surface area contributed by atoms with Gasteiger partial charge in [-0.3, -0.25) is 14.2 Å². The van der Waals surface area contributed by atoms with Crippen LogP contribution in [0.3, 0.4) is 0 Å². The van der Waals surface area contributed by atoms with E-state index in [0.717, 1.165) is 42.7 Å². The molecule has 0 aliphatic carbocycles. The number of rotatable bonds is 4. The molecular formula is C20H21N3O2S2. The fraction of sp³-hybridized carbons (Fsp3) is 0.350. The number of aryl methyl sites for hydroxylation is 2. The topological polar surface area (TPSA) is 55.2 Å². The fourth-order valence-corrected chi connectivity index (χ4v) is 5.16. The molecule has 3 aromatic rings. The number of amides is 1. The molecule has 4 rings (SSSR count). The number of thiophene rings is 1. The maximum absolute atomic E-state index is 13.2. The predicted octanol–water partition coefficient (Wildman–Crippen LogP) is 3.78. The molecule has 0 radical (unpaired) electrons. The lowest BCUT2D eigenvalue weighted by Gasteiger charge is -2.16. The molecule has 0 unspecified atom stereocenters. The van der Waals surface area contributed by atoms with E-state index in [0.29, 0.717) is 21.1 Å². The van der Waals surface area contributed by atoms with E-state index in [4.69, 9.17) is 4.98 Å². The van der Waals surface area contributed by atoms with Crippen LogP contribution in [0.2, 0.25) is 0 Å². The van der Waals surface area contributed by atoms with E-state index < -0.39 is 0 Å². The van der Waals surface area contributed by atoms with Crippen LogP contribution in [-0.4, -0.2) is 39.2 Å². The summed E-state index contributed by atoms with van der Waals surface area (Å²) in [5.41, 5.74) is 3.61. The molecule has 1 amide bonds. The van der Waals surface area contributed by atoms with Gasteiger partial charge in [-0.2, -0.15) is 0 Å². The monoisotopic (exact) mass is 399 g/mol. The van der Waals surface area contributed by atoms with Gasteiger partial charge >= 0.3 is 0 Å². The highest BCUT2D eigenvalue weighted by Crippen LogP contribution is 2.25. The molecular weight excluding hydrogens is 378 g/mol. The zero-order valence-corrected chi connectivity index (χ0v) is 17.0. The van der Waals surface area contributed by atoms with Crippen LogP contribution in [0.15, 0.2) is 39.6 Å². The molecule has 0 saturated carbocycles. The number of likely N-dealkylation sites (tertiary alicyclic amines) is 1.